The molecule has 1 saturated heterocycles. The third kappa shape index (κ3) is 3.66. The summed E-state index contributed by atoms with van der Waals surface area (Å²) in [7, 11) is 0. The molecular formula is C13H24N2OS. The summed E-state index contributed by atoms with van der Waals surface area (Å²) in [6.45, 7) is 5.08. The fraction of sp³-hybridized carbons (Fsp3) is 0.846. The molecule has 2 N–H and O–H groups in total. The molecule has 2 unspecified atom stereocenters. The van der Waals surface area contributed by atoms with Crippen molar-refractivity contribution in [3.05, 3.63) is 0 Å². The molecule has 1 aliphatic heterocycles. The minimum Gasteiger partial charge on any atom is -0.393 e. The van der Waals surface area contributed by atoms with Crippen molar-refractivity contribution in [3.63, 3.8) is 0 Å². The van der Waals surface area contributed by atoms with Crippen LogP contribution in [0.25, 0.3) is 0 Å². The van der Waals surface area contributed by atoms with E-state index in [2.05, 4.69) is 13.8 Å². The van der Waals surface area contributed by atoms with Gasteiger partial charge in [-0.25, -0.2) is 0 Å². The Hall–Kier alpha value is -0.640. The zero-order chi connectivity index (χ0) is 12.8. The number of carbonyl (C=O) groups excluding carboxylic acids is 1. The highest BCUT2D eigenvalue weighted by Gasteiger charge is 2.31. The standard InChI is InChI=1S/C13H24N2OS/c1-3-7-11(12(14)17)13(16)15-9-6-5-8-10(15)4-2/h10-11H,3-9H2,1-2H3,(H2,14,17). The van der Waals surface area contributed by atoms with Gasteiger partial charge in [0.05, 0.1) is 10.9 Å². The van der Waals surface area contributed by atoms with Crippen LogP contribution in [0.4, 0.5) is 0 Å². The topological polar surface area (TPSA) is 46.3 Å². The third-order valence-electron chi connectivity index (χ3n) is 3.60. The van der Waals surface area contributed by atoms with Gasteiger partial charge in [0.1, 0.15) is 0 Å². The summed E-state index contributed by atoms with van der Waals surface area (Å²) < 4.78 is 0. The van der Waals surface area contributed by atoms with Gasteiger partial charge in [0.2, 0.25) is 5.91 Å². The van der Waals surface area contributed by atoms with E-state index in [9.17, 15) is 4.79 Å². The average molecular weight is 256 g/mol. The minimum atomic E-state index is -0.248. The van der Waals surface area contributed by atoms with Crippen LogP contribution >= 0.6 is 12.2 Å². The van der Waals surface area contributed by atoms with Crippen LogP contribution in [0.1, 0.15) is 52.4 Å². The minimum absolute atomic E-state index is 0.158. The molecule has 0 aromatic rings. The van der Waals surface area contributed by atoms with E-state index in [0.29, 0.717) is 11.0 Å². The Kier molecular flexibility index (Phi) is 5.89. The van der Waals surface area contributed by atoms with E-state index in [0.717, 1.165) is 38.6 Å². The lowest BCUT2D eigenvalue weighted by Crippen LogP contribution is -2.48. The predicted octanol–water partition coefficient (Wildman–Crippen LogP) is 2.48. The van der Waals surface area contributed by atoms with Gasteiger partial charge in [0.25, 0.3) is 0 Å². The van der Waals surface area contributed by atoms with Gasteiger partial charge in [0, 0.05) is 12.6 Å². The summed E-state index contributed by atoms with van der Waals surface area (Å²) in [5.41, 5.74) is 5.70. The molecule has 2 atom stereocenters. The summed E-state index contributed by atoms with van der Waals surface area (Å²) in [5, 5.41) is 0. The van der Waals surface area contributed by atoms with E-state index in [1.807, 2.05) is 4.90 Å². The molecule has 0 saturated carbocycles. The van der Waals surface area contributed by atoms with Crippen LogP contribution in [0.15, 0.2) is 0 Å². The molecule has 1 rings (SSSR count). The molecule has 4 heteroatoms. The van der Waals surface area contributed by atoms with Crippen molar-refractivity contribution in [1.82, 2.24) is 4.90 Å². The van der Waals surface area contributed by atoms with Gasteiger partial charge in [0.15, 0.2) is 0 Å². The molecule has 98 valence electrons. The average Bonchev–Trinajstić information content (AvgIpc) is 2.34. The zero-order valence-electron chi connectivity index (χ0n) is 10.9. The van der Waals surface area contributed by atoms with Crippen molar-refractivity contribution in [1.29, 1.82) is 0 Å². The molecule has 0 radical (unpaired) electrons. The maximum Gasteiger partial charge on any atom is 0.232 e. The Morgan fingerprint density at radius 1 is 1.47 bits per heavy atom. The van der Waals surface area contributed by atoms with E-state index in [4.69, 9.17) is 18.0 Å². The SMILES string of the molecule is CCCC(C(=O)N1CCCCC1CC)C(N)=S. The number of carbonyl (C=O) groups is 1. The Bertz CT molecular complexity index is 281. The van der Waals surface area contributed by atoms with Crippen LogP contribution in [0, 0.1) is 5.92 Å². The van der Waals surface area contributed by atoms with Gasteiger partial charge >= 0.3 is 0 Å². The van der Waals surface area contributed by atoms with Crippen LogP contribution in [0.3, 0.4) is 0 Å². The van der Waals surface area contributed by atoms with Gasteiger partial charge < -0.3 is 10.6 Å². The van der Waals surface area contributed by atoms with E-state index in [1.165, 1.54) is 6.42 Å². The molecule has 17 heavy (non-hydrogen) atoms. The highest BCUT2D eigenvalue weighted by atomic mass is 32.1. The van der Waals surface area contributed by atoms with E-state index < -0.39 is 0 Å². The molecule has 3 nitrogen and oxygen atoms in total. The van der Waals surface area contributed by atoms with Crippen molar-refractivity contribution < 1.29 is 4.79 Å². The Morgan fingerprint density at radius 3 is 2.71 bits per heavy atom. The molecule has 1 fully saturated rings. The lowest BCUT2D eigenvalue weighted by atomic mass is 9.95. The zero-order valence-corrected chi connectivity index (χ0v) is 11.8. The Labute approximate surface area is 110 Å². The van der Waals surface area contributed by atoms with Gasteiger partial charge in [-0.2, -0.15) is 0 Å². The van der Waals surface area contributed by atoms with Gasteiger partial charge in [-0.15, -0.1) is 0 Å². The molecule has 0 aromatic heterocycles. The smallest absolute Gasteiger partial charge is 0.232 e. The Morgan fingerprint density at radius 2 is 2.18 bits per heavy atom. The van der Waals surface area contributed by atoms with Crippen LogP contribution in [-0.4, -0.2) is 28.4 Å². The summed E-state index contributed by atoms with van der Waals surface area (Å²) in [4.78, 5) is 14.8. The largest absolute Gasteiger partial charge is 0.393 e. The molecule has 1 heterocycles. The predicted molar refractivity (Wildman–Crippen MR) is 74.8 cm³/mol. The van der Waals surface area contributed by atoms with Crippen molar-refractivity contribution >= 4 is 23.1 Å². The van der Waals surface area contributed by atoms with E-state index in [-0.39, 0.29) is 11.8 Å². The maximum atomic E-state index is 12.5. The first-order valence-corrected chi connectivity index (χ1v) is 7.12. The normalized spacial score (nSPS) is 22.2. The number of hydrogen-bond donors (Lipinski definition) is 1. The van der Waals surface area contributed by atoms with Crippen molar-refractivity contribution in [2.75, 3.05) is 6.54 Å². The number of hydrogen-bond acceptors (Lipinski definition) is 2. The summed E-state index contributed by atoms with van der Waals surface area (Å²) >= 11 is 5.03. The number of rotatable bonds is 5. The van der Waals surface area contributed by atoms with Crippen molar-refractivity contribution in [3.8, 4) is 0 Å². The fourth-order valence-corrected chi connectivity index (χ4v) is 2.81. The lowest BCUT2D eigenvalue weighted by Gasteiger charge is -2.37. The van der Waals surface area contributed by atoms with Crippen molar-refractivity contribution in [2.45, 2.75) is 58.4 Å². The third-order valence-corrected chi connectivity index (χ3v) is 3.88. The molecule has 1 amide bonds. The number of likely N-dealkylation sites (tertiary alicyclic amines) is 1. The number of thiocarbonyl (C=S) groups is 1. The second kappa shape index (κ2) is 6.94. The molecule has 0 bridgehead atoms. The van der Waals surface area contributed by atoms with Crippen LogP contribution in [-0.2, 0) is 4.79 Å². The van der Waals surface area contributed by atoms with Crippen LogP contribution in [0.2, 0.25) is 0 Å². The lowest BCUT2D eigenvalue weighted by molar-refractivity contribution is -0.137. The molecule has 0 aliphatic carbocycles. The summed E-state index contributed by atoms with van der Waals surface area (Å²) in [5.74, 6) is -0.0898. The number of nitrogens with zero attached hydrogens (tertiary/aromatic N) is 1. The molecule has 0 spiro atoms. The maximum absolute atomic E-state index is 12.5. The van der Waals surface area contributed by atoms with Gasteiger partial charge in [-0.3, -0.25) is 4.79 Å². The Balaban J connectivity index is 2.73. The molecule has 0 aromatic carbocycles. The van der Waals surface area contributed by atoms with Gasteiger partial charge in [-0.1, -0.05) is 32.5 Å². The highest BCUT2D eigenvalue weighted by Crippen LogP contribution is 2.23. The first-order chi connectivity index (χ1) is 8.11. The van der Waals surface area contributed by atoms with E-state index >= 15 is 0 Å². The molecule has 1 aliphatic rings. The number of piperidine rings is 1. The fourth-order valence-electron chi connectivity index (χ4n) is 2.59. The monoisotopic (exact) mass is 256 g/mol. The van der Waals surface area contributed by atoms with Crippen LogP contribution < -0.4 is 5.73 Å². The van der Waals surface area contributed by atoms with Gasteiger partial charge in [-0.05, 0) is 32.1 Å². The summed E-state index contributed by atoms with van der Waals surface area (Å²) in [6.07, 6.45) is 6.21. The first-order valence-electron chi connectivity index (χ1n) is 6.71. The molecular weight excluding hydrogens is 232 g/mol. The number of amides is 1. The highest BCUT2D eigenvalue weighted by molar-refractivity contribution is 7.80. The second-order valence-electron chi connectivity index (χ2n) is 4.83. The van der Waals surface area contributed by atoms with E-state index in [1.54, 1.807) is 0 Å². The van der Waals surface area contributed by atoms with Crippen LogP contribution in [0.5, 0.6) is 0 Å². The first kappa shape index (κ1) is 14.4. The summed E-state index contributed by atoms with van der Waals surface area (Å²) in [6, 6.07) is 0.393. The van der Waals surface area contributed by atoms with Crippen molar-refractivity contribution in [2.24, 2.45) is 11.7 Å². The second-order valence-corrected chi connectivity index (χ2v) is 5.30. The quantitative estimate of drug-likeness (QED) is 0.769. The number of nitrogens with two attached hydrogens (primary N) is 1.